The summed E-state index contributed by atoms with van der Waals surface area (Å²) in [5.74, 6) is -4.31. The standard InChI is InChI=1S/C27H32I3N3O11/c1-6-7-8-19(38)33-25-23(29)20(26(39)31-17(9-41-13(2)34)10-42-14(3)35)22(28)21(24(25)30)27(40)32-18(11-43-15(4)36)12-44-16(5)37/h6,17-18H,1,7-12H2,2-5H3,(H,31,39)(H,32,40)(H,33,38). The Hall–Kier alpha value is -2.56. The third kappa shape index (κ3) is 13.6. The van der Waals surface area contributed by atoms with E-state index in [0.29, 0.717) is 13.6 Å². The van der Waals surface area contributed by atoms with Crippen LogP contribution in [0.15, 0.2) is 12.7 Å². The number of amides is 3. The fraction of sp³-hybridized carbons (Fsp3) is 0.444. The van der Waals surface area contributed by atoms with Gasteiger partial charge in [-0.1, -0.05) is 6.08 Å². The van der Waals surface area contributed by atoms with E-state index in [4.69, 9.17) is 18.9 Å². The van der Waals surface area contributed by atoms with Gasteiger partial charge in [-0.3, -0.25) is 33.6 Å². The molecule has 0 fully saturated rings. The summed E-state index contributed by atoms with van der Waals surface area (Å²) in [6.07, 6.45) is 2.04. The number of hydrogen-bond donors (Lipinski definition) is 3. The Kier molecular flexibility index (Phi) is 17.7. The highest BCUT2D eigenvalue weighted by molar-refractivity contribution is 14.1. The van der Waals surface area contributed by atoms with Crippen molar-refractivity contribution in [2.45, 2.75) is 52.6 Å². The molecule has 0 aliphatic rings. The van der Waals surface area contributed by atoms with Crippen LogP contribution in [0.2, 0.25) is 0 Å². The molecule has 0 unspecified atom stereocenters. The summed E-state index contributed by atoms with van der Waals surface area (Å²) in [7, 11) is 0. The van der Waals surface area contributed by atoms with Crippen molar-refractivity contribution < 1.29 is 52.5 Å². The maximum absolute atomic E-state index is 13.7. The summed E-state index contributed by atoms with van der Waals surface area (Å²) in [4.78, 5) is 85.7. The van der Waals surface area contributed by atoms with Gasteiger partial charge in [-0.05, 0) is 74.2 Å². The van der Waals surface area contributed by atoms with E-state index in [-0.39, 0.29) is 53.2 Å². The number of carbonyl (C=O) groups excluding carboxylic acids is 7. The molecule has 242 valence electrons. The molecule has 0 spiro atoms. The third-order valence-corrected chi connectivity index (χ3v) is 8.47. The Balaban J connectivity index is 3.66. The number of nitrogens with one attached hydrogen (secondary N) is 3. The van der Waals surface area contributed by atoms with Gasteiger partial charge in [0, 0.05) is 37.7 Å². The molecule has 3 amide bonds. The summed E-state index contributed by atoms with van der Waals surface area (Å²) in [6.45, 7) is 7.09. The van der Waals surface area contributed by atoms with Crippen molar-refractivity contribution in [2.24, 2.45) is 0 Å². The number of esters is 4. The molecular weight excluding hydrogens is 923 g/mol. The van der Waals surface area contributed by atoms with Gasteiger partial charge in [0.2, 0.25) is 5.91 Å². The topological polar surface area (TPSA) is 192 Å². The predicted octanol–water partition coefficient (Wildman–Crippen LogP) is 2.85. The Morgan fingerprint density at radius 2 is 1.00 bits per heavy atom. The van der Waals surface area contributed by atoms with Crippen molar-refractivity contribution in [3.63, 3.8) is 0 Å². The molecule has 0 atom stereocenters. The second-order valence-corrected chi connectivity index (χ2v) is 12.2. The van der Waals surface area contributed by atoms with Crippen LogP contribution in [0.25, 0.3) is 0 Å². The molecule has 14 nitrogen and oxygen atoms in total. The Labute approximate surface area is 294 Å². The molecular formula is C27H32I3N3O11. The Morgan fingerprint density at radius 3 is 1.30 bits per heavy atom. The van der Waals surface area contributed by atoms with Crippen LogP contribution in [0.4, 0.5) is 5.69 Å². The van der Waals surface area contributed by atoms with Crippen molar-refractivity contribution >= 4 is 115 Å². The summed E-state index contributed by atoms with van der Waals surface area (Å²) in [6, 6.07) is -1.89. The molecule has 0 radical (unpaired) electrons. The van der Waals surface area contributed by atoms with E-state index in [1.54, 1.807) is 6.08 Å². The molecule has 3 N–H and O–H groups in total. The van der Waals surface area contributed by atoms with Crippen LogP contribution >= 0.6 is 67.8 Å². The van der Waals surface area contributed by atoms with Gasteiger partial charge in [0.1, 0.15) is 26.4 Å². The molecule has 1 aromatic rings. The van der Waals surface area contributed by atoms with Gasteiger partial charge in [-0.25, -0.2) is 0 Å². The molecule has 44 heavy (non-hydrogen) atoms. The molecule has 0 aliphatic carbocycles. The van der Waals surface area contributed by atoms with E-state index in [2.05, 4.69) is 22.5 Å². The molecule has 0 bridgehead atoms. The first-order valence-electron chi connectivity index (χ1n) is 12.8. The van der Waals surface area contributed by atoms with Gasteiger partial charge in [0.15, 0.2) is 0 Å². The van der Waals surface area contributed by atoms with Crippen LogP contribution in [0.5, 0.6) is 0 Å². The monoisotopic (exact) mass is 955 g/mol. The third-order valence-electron chi connectivity index (χ3n) is 5.23. The van der Waals surface area contributed by atoms with Crippen LogP contribution in [0.1, 0.15) is 61.3 Å². The number of ether oxygens (including phenoxy) is 4. The van der Waals surface area contributed by atoms with Crippen molar-refractivity contribution in [3.05, 3.63) is 34.5 Å². The van der Waals surface area contributed by atoms with Gasteiger partial charge in [-0.2, -0.15) is 0 Å². The van der Waals surface area contributed by atoms with Crippen LogP contribution in [-0.2, 0) is 42.9 Å². The summed E-state index contributed by atoms with van der Waals surface area (Å²) in [5.41, 5.74) is 0.190. The predicted molar refractivity (Wildman–Crippen MR) is 182 cm³/mol. The number of allylic oxidation sites excluding steroid dienone is 1. The van der Waals surface area contributed by atoms with Crippen LogP contribution in [0.3, 0.4) is 0 Å². The zero-order chi connectivity index (χ0) is 33.6. The fourth-order valence-corrected chi connectivity index (χ4v) is 7.67. The van der Waals surface area contributed by atoms with E-state index in [0.717, 1.165) is 0 Å². The van der Waals surface area contributed by atoms with Gasteiger partial charge in [0.05, 0.1) is 36.0 Å². The van der Waals surface area contributed by atoms with Gasteiger partial charge >= 0.3 is 23.9 Å². The van der Waals surface area contributed by atoms with Crippen molar-refractivity contribution in [3.8, 4) is 0 Å². The second-order valence-electron chi connectivity index (χ2n) is 8.99. The largest absolute Gasteiger partial charge is 0.464 e. The lowest BCUT2D eigenvalue weighted by Gasteiger charge is -2.23. The van der Waals surface area contributed by atoms with Crippen molar-refractivity contribution in [2.75, 3.05) is 31.7 Å². The first-order valence-corrected chi connectivity index (χ1v) is 16.1. The average Bonchev–Trinajstić information content (AvgIpc) is 2.92. The lowest BCUT2D eigenvalue weighted by Crippen LogP contribution is -2.44. The summed E-state index contributed by atoms with van der Waals surface area (Å²) < 4.78 is 20.8. The molecule has 17 heteroatoms. The molecule has 0 saturated carbocycles. The number of halogens is 3. The number of anilines is 1. The Morgan fingerprint density at radius 1 is 0.659 bits per heavy atom. The maximum Gasteiger partial charge on any atom is 0.302 e. The number of carbonyl (C=O) groups is 7. The van der Waals surface area contributed by atoms with Gasteiger partial charge in [-0.15, -0.1) is 6.58 Å². The van der Waals surface area contributed by atoms with Crippen LogP contribution in [-0.4, -0.2) is 80.1 Å². The molecule has 0 aliphatic heterocycles. The normalized spacial score (nSPS) is 10.5. The second kappa shape index (κ2) is 19.7. The van der Waals surface area contributed by atoms with E-state index >= 15 is 0 Å². The minimum Gasteiger partial charge on any atom is -0.464 e. The molecule has 1 aromatic carbocycles. The molecule has 0 heterocycles. The number of hydrogen-bond acceptors (Lipinski definition) is 11. The lowest BCUT2D eigenvalue weighted by atomic mass is 10.1. The first kappa shape index (κ1) is 39.5. The maximum atomic E-state index is 13.7. The number of benzene rings is 1. The van der Waals surface area contributed by atoms with Crippen molar-refractivity contribution in [1.82, 2.24) is 10.6 Å². The number of rotatable bonds is 16. The highest BCUT2D eigenvalue weighted by atomic mass is 127. The Bertz CT molecular complexity index is 1190. The molecule has 0 aromatic heterocycles. The highest BCUT2D eigenvalue weighted by Gasteiger charge is 2.31. The summed E-state index contributed by atoms with van der Waals surface area (Å²) >= 11 is 5.56. The molecule has 0 saturated heterocycles. The van der Waals surface area contributed by atoms with E-state index < -0.39 is 53.7 Å². The van der Waals surface area contributed by atoms with E-state index in [9.17, 15) is 33.6 Å². The summed E-state index contributed by atoms with van der Waals surface area (Å²) in [5, 5.41) is 8.06. The minimum atomic E-state index is -0.944. The SMILES string of the molecule is C=CCCC(=O)Nc1c(I)c(C(=O)NC(COC(C)=O)COC(C)=O)c(I)c(C(=O)NC(COC(C)=O)COC(C)=O)c1I. The van der Waals surface area contributed by atoms with Crippen LogP contribution < -0.4 is 16.0 Å². The van der Waals surface area contributed by atoms with Crippen LogP contribution in [0, 0.1) is 10.7 Å². The van der Waals surface area contributed by atoms with Gasteiger partial charge < -0.3 is 34.9 Å². The van der Waals surface area contributed by atoms with E-state index in [1.165, 1.54) is 27.7 Å². The van der Waals surface area contributed by atoms with Crippen molar-refractivity contribution in [1.29, 1.82) is 0 Å². The zero-order valence-electron chi connectivity index (χ0n) is 24.3. The first-order chi connectivity index (χ1) is 20.6. The van der Waals surface area contributed by atoms with Gasteiger partial charge in [0.25, 0.3) is 11.8 Å². The zero-order valence-corrected chi connectivity index (χ0v) is 30.8. The quantitative estimate of drug-likeness (QED) is 0.0956. The average molecular weight is 955 g/mol. The lowest BCUT2D eigenvalue weighted by molar-refractivity contribution is -0.146. The molecule has 1 rings (SSSR count). The highest BCUT2D eigenvalue weighted by Crippen LogP contribution is 2.36. The fourth-order valence-electron chi connectivity index (χ4n) is 3.26. The minimum absolute atomic E-state index is 0.00274. The van der Waals surface area contributed by atoms with E-state index in [1.807, 2.05) is 67.8 Å². The smallest absolute Gasteiger partial charge is 0.302 e.